The number of oxazole rings is 1. The molecule has 0 aliphatic carbocycles. The average Bonchev–Trinajstić information content (AvgIpc) is 3.29. The van der Waals surface area contributed by atoms with Crippen LogP contribution in [0.5, 0.6) is 0 Å². The molecule has 0 unspecified atom stereocenters. The fraction of sp³-hybridized carbons (Fsp3) is 0.407. The molecular formula is C27H30N6O2. The van der Waals surface area contributed by atoms with E-state index in [0.29, 0.717) is 29.3 Å². The molecule has 0 bridgehead atoms. The van der Waals surface area contributed by atoms with Crippen LogP contribution in [-0.4, -0.2) is 30.5 Å². The molecule has 35 heavy (non-hydrogen) atoms. The number of aromatic nitrogens is 4. The predicted molar refractivity (Wildman–Crippen MR) is 134 cm³/mol. The van der Waals surface area contributed by atoms with Crippen LogP contribution in [0.2, 0.25) is 0 Å². The van der Waals surface area contributed by atoms with Crippen LogP contribution >= 0.6 is 0 Å². The van der Waals surface area contributed by atoms with Crippen molar-refractivity contribution in [3.05, 3.63) is 69.3 Å². The van der Waals surface area contributed by atoms with Gasteiger partial charge in [-0.25, -0.2) is 14.8 Å². The van der Waals surface area contributed by atoms with Crippen molar-refractivity contribution in [2.24, 2.45) is 12.5 Å². The predicted octanol–water partition coefficient (Wildman–Crippen LogP) is 4.17. The molecule has 0 amide bonds. The van der Waals surface area contributed by atoms with E-state index in [1.54, 1.807) is 16.2 Å². The van der Waals surface area contributed by atoms with E-state index in [-0.39, 0.29) is 11.1 Å². The van der Waals surface area contributed by atoms with Gasteiger partial charge in [-0.1, -0.05) is 26.8 Å². The van der Waals surface area contributed by atoms with Crippen molar-refractivity contribution >= 4 is 11.2 Å². The number of rotatable bonds is 4. The van der Waals surface area contributed by atoms with Gasteiger partial charge in [0.25, 0.3) is 0 Å². The van der Waals surface area contributed by atoms with Crippen LogP contribution in [0.3, 0.4) is 0 Å². The number of benzene rings is 1. The van der Waals surface area contributed by atoms with Crippen LogP contribution in [0, 0.1) is 23.7 Å². The number of fused-ring (bicyclic) bond motifs is 2. The zero-order valence-electron chi connectivity index (χ0n) is 20.9. The summed E-state index contributed by atoms with van der Waals surface area (Å²) in [6, 6.07) is 12.0. The Morgan fingerprint density at radius 1 is 1.17 bits per heavy atom. The van der Waals surface area contributed by atoms with Gasteiger partial charge in [-0.05, 0) is 35.2 Å². The maximum Gasteiger partial charge on any atom is 0.330 e. The van der Waals surface area contributed by atoms with Gasteiger partial charge in [0.15, 0.2) is 11.5 Å². The highest BCUT2D eigenvalue weighted by Crippen LogP contribution is 2.28. The lowest BCUT2D eigenvalue weighted by atomic mass is 9.97. The van der Waals surface area contributed by atoms with E-state index >= 15 is 0 Å². The number of aryl methyl sites for hydroxylation is 2. The maximum absolute atomic E-state index is 12.9. The Labute approximate surface area is 204 Å². The van der Waals surface area contributed by atoms with E-state index in [2.05, 4.69) is 36.7 Å². The summed E-state index contributed by atoms with van der Waals surface area (Å²) in [7, 11) is 1.75. The molecule has 0 atom stereocenters. The summed E-state index contributed by atoms with van der Waals surface area (Å²) in [5, 5.41) is 9.78. The van der Waals surface area contributed by atoms with E-state index in [1.165, 1.54) is 0 Å². The Hall–Kier alpha value is -3.70. The van der Waals surface area contributed by atoms with Crippen molar-refractivity contribution in [3.63, 3.8) is 0 Å². The topological polar surface area (TPSA) is 92.9 Å². The third-order valence-corrected chi connectivity index (χ3v) is 6.42. The molecule has 0 N–H and O–H groups in total. The SMILES string of the molecule is Cc1nc2c(o1)CN(Cc1ccc(C#N)c(-c3ccc4c(n3)n(C)c(=O)n4CC(C)(C)C)c1)CC2. The normalized spacial score (nSPS) is 14.3. The number of imidazole rings is 1. The van der Waals surface area contributed by atoms with Crippen molar-refractivity contribution in [1.82, 2.24) is 24.0 Å². The van der Waals surface area contributed by atoms with Crippen molar-refractivity contribution in [2.75, 3.05) is 6.54 Å². The molecule has 8 nitrogen and oxygen atoms in total. The molecule has 0 spiro atoms. The van der Waals surface area contributed by atoms with Gasteiger partial charge in [0.1, 0.15) is 5.76 Å². The second-order valence-electron chi connectivity index (χ2n) is 10.6. The Morgan fingerprint density at radius 3 is 2.71 bits per heavy atom. The van der Waals surface area contributed by atoms with Gasteiger partial charge in [0.2, 0.25) is 0 Å². The molecule has 1 aliphatic rings. The summed E-state index contributed by atoms with van der Waals surface area (Å²) < 4.78 is 9.13. The molecule has 0 radical (unpaired) electrons. The standard InChI is InChI=1S/C27H30N6O2/c1-17-29-22-10-11-32(15-24(22)35-17)14-18-6-7-19(13-28)20(12-18)21-8-9-23-25(30-21)31(5)26(34)33(23)16-27(2,3)4/h6-9,12H,10-11,14-16H2,1-5H3. The van der Waals surface area contributed by atoms with Crippen molar-refractivity contribution in [2.45, 2.75) is 53.8 Å². The first kappa shape index (κ1) is 23.1. The van der Waals surface area contributed by atoms with Crippen LogP contribution in [0.4, 0.5) is 0 Å². The van der Waals surface area contributed by atoms with Crippen molar-refractivity contribution in [3.8, 4) is 17.3 Å². The van der Waals surface area contributed by atoms with Crippen LogP contribution in [0.25, 0.3) is 22.4 Å². The fourth-order valence-electron chi connectivity index (χ4n) is 4.82. The monoisotopic (exact) mass is 470 g/mol. The number of hydrogen-bond donors (Lipinski definition) is 0. The smallest absolute Gasteiger partial charge is 0.330 e. The molecule has 4 heterocycles. The van der Waals surface area contributed by atoms with Crippen LogP contribution in [-0.2, 0) is 33.1 Å². The summed E-state index contributed by atoms with van der Waals surface area (Å²) in [5.41, 5.74) is 5.47. The van der Waals surface area contributed by atoms with E-state index in [1.807, 2.05) is 37.3 Å². The Kier molecular flexibility index (Phi) is 5.60. The minimum Gasteiger partial charge on any atom is -0.444 e. The molecule has 8 heteroatoms. The number of nitrogens with zero attached hydrogens (tertiary/aromatic N) is 6. The Bertz CT molecular complexity index is 1530. The van der Waals surface area contributed by atoms with Gasteiger partial charge < -0.3 is 4.42 Å². The summed E-state index contributed by atoms with van der Waals surface area (Å²) in [6.07, 6.45) is 0.869. The van der Waals surface area contributed by atoms with Gasteiger partial charge in [-0.15, -0.1) is 0 Å². The lowest BCUT2D eigenvalue weighted by molar-refractivity contribution is 0.219. The molecule has 0 saturated heterocycles. The molecule has 3 aromatic heterocycles. The maximum atomic E-state index is 12.9. The summed E-state index contributed by atoms with van der Waals surface area (Å²) in [6.45, 7) is 11.2. The van der Waals surface area contributed by atoms with Gasteiger partial charge in [0.05, 0.1) is 35.1 Å². The number of nitriles is 1. The van der Waals surface area contributed by atoms with Crippen LogP contribution in [0.1, 0.15) is 49.2 Å². The molecule has 1 aromatic carbocycles. The first-order chi connectivity index (χ1) is 16.6. The molecule has 1 aliphatic heterocycles. The highest BCUT2D eigenvalue weighted by molar-refractivity contribution is 5.78. The first-order valence-corrected chi connectivity index (χ1v) is 11.9. The quantitative estimate of drug-likeness (QED) is 0.444. The molecule has 4 aromatic rings. The number of hydrogen-bond acceptors (Lipinski definition) is 6. The van der Waals surface area contributed by atoms with E-state index in [4.69, 9.17) is 9.40 Å². The molecule has 180 valence electrons. The minimum absolute atomic E-state index is 0.0429. The second kappa shape index (κ2) is 8.51. The average molecular weight is 471 g/mol. The van der Waals surface area contributed by atoms with E-state index < -0.39 is 0 Å². The molecule has 5 rings (SSSR count). The van der Waals surface area contributed by atoms with Crippen molar-refractivity contribution < 1.29 is 4.42 Å². The molecular weight excluding hydrogens is 440 g/mol. The number of pyridine rings is 1. The first-order valence-electron chi connectivity index (χ1n) is 11.9. The summed E-state index contributed by atoms with van der Waals surface area (Å²) in [4.78, 5) is 24.5. The summed E-state index contributed by atoms with van der Waals surface area (Å²) >= 11 is 0. The van der Waals surface area contributed by atoms with Gasteiger partial charge in [0, 0.05) is 45.6 Å². The van der Waals surface area contributed by atoms with E-state index in [0.717, 1.165) is 54.2 Å². The van der Waals surface area contributed by atoms with Gasteiger partial charge in [-0.3, -0.25) is 14.0 Å². The minimum atomic E-state index is -0.0825. The summed E-state index contributed by atoms with van der Waals surface area (Å²) in [5.74, 6) is 1.65. The third-order valence-electron chi connectivity index (χ3n) is 6.42. The Balaban J connectivity index is 1.49. The zero-order valence-corrected chi connectivity index (χ0v) is 20.9. The zero-order chi connectivity index (χ0) is 24.9. The Morgan fingerprint density at radius 2 is 1.97 bits per heavy atom. The second-order valence-corrected chi connectivity index (χ2v) is 10.6. The highest BCUT2D eigenvalue weighted by atomic mass is 16.4. The molecule has 0 fully saturated rings. The van der Waals surface area contributed by atoms with Crippen LogP contribution in [0.15, 0.2) is 39.5 Å². The van der Waals surface area contributed by atoms with Crippen molar-refractivity contribution in [1.29, 1.82) is 5.26 Å². The van der Waals surface area contributed by atoms with Crippen LogP contribution < -0.4 is 5.69 Å². The third kappa shape index (κ3) is 4.40. The molecule has 0 saturated carbocycles. The lowest BCUT2D eigenvalue weighted by Gasteiger charge is -2.25. The largest absolute Gasteiger partial charge is 0.444 e. The lowest BCUT2D eigenvalue weighted by Crippen LogP contribution is -2.29. The van der Waals surface area contributed by atoms with Gasteiger partial charge >= 0.3 is 5.69 Å². The highest BCUT2D eigenvalue weighted by Gasteiger charge is 2.22. The fourth-order valence-corrected chi connectivity index (χ4v) is 4.82. The van der Waals surface area contributed by atoms with E-state index in [9.17, 15) is 10.1 Å². The van der Waals surface area contributed by atoms with Gasteiger partial charge in [-0.2, -0.15) is 5.26 Å².